The molecule has 3 atom stereocenters. The van der Waals surface area contributed by atoms with Gasteiger partial charge in [0.2, 0.25) is 0 Å². The number of hydrogen-bond donors (Lipinski definition) is 1. The zero-order valence-electron chi connectivity index (χ0n) is 10.9. The molecular weight excluding hydrogens is 184 g/mol. The number of rotatable bonds is 5. The van der Waals surface area contributed by atoms with Gasteiger partial charge in [-0.25, -0.2) is 0 Å². The van der Waals surface area contributed by atoms with Crippen molar-refractivity contribution in [1.82, 2.24) is 10.2 Å². The first-order chi connectivity index (χ1) is 7.20. The molecule has 1 aliphatic rings. The first-order valence-electron chi connectivity index (χ1n) is 6.68. The molecule has 2 heteroatoms. The van der Waals surface area contributed by atoms with Gasteiger partial charge >= 0.3 is 0 Å². The smallest absolute Gasteiger partial charge is 0.0120 e. The summed E-state index contributed by atoms with van der Waals surface area (Å²) in [5.74, 6) is 0.788. The average Bonchev–Trinajstić information content (AvgIpc) is 2.24. The second-order valence-corrected chi connectivity index (χ2v) is 4.94. The van der Waals surface area contributed by atoms with Gasteiger partial charge in [0.05, 0.1) is 0 Å². The molecule has 90 valence electrons. The second-order valence-electron chi connectivity index (χ2n) is 4.94. The second kappa shape index (κ2) is 6.49. The molecule has 0 bridgehead atoms. The first kappa shape index (κ1) is 13.0. The fraction of sp³-hybridized carbons (Fsp3) is 1.00. The van der Waals surface area contributed by atoms with Crippen LogP contribution in [0.1, 0.15) is 47.0 Å². The van der Waals surface area contributed by atoms with Gasteiger partial charge in [-0.1, -0.05) is 27.2 Å². The van der Waals surface area contributed by atoms with Crippen LogP contribution in [0, 0.1) is 5.92 Å². The zero-order chi connectivity index (χ0) is 11.3. The molecule has 1 heterocycles. The van der Waals surface area contributed by atoms with Gasteiger partial charge in [-0.2, -0.15) is 0 Å². The Bertz CT molecular complexity index is 168. The van der Waals surface area contributed by atoms with Crippen LogP contribution in [0.25, 0.3) is 0 Å². The van der Waals surface area contributed by atoms with Gasteiger partial charge in [0.1, 0.15) is 0 Å². The highest BCUT2D eigenvalue weighted by Crippen LogP contribution is 2.23. The van der Waals surface area contributed by atoms with Gasteiger partial charge in [0.15, 0.2) is 0 Å². The average molecular weight is 212 g/mol. The maximum atomic E-state index is 3.61. The van der Waals surface area contributed by atoms with E-state index in [4.69, 9.17) is 0 Å². The molecule has 0 radical (unpaired) electrons. The maximum Gasteiger partial charge on any atom is 0.0120 e. The van der Waals surface area contributed by atoms with E-state index in [-0.39, 0.29) is 0 Å². The molecule has 1 rings (SSSR count). The van der Waals surface area contributed by atoms with Crippen molar-refractivity contribution in [2.75, 3.05) is 19.6 Å². The molecule has 0 aliphatic carbocycles. The summed E-state index contributed by atoms with van der Waals surface area (Å²) in [5, 5.41) is 3.61. The van der Waals surface area contributed by atoms with E-state index in [1.54, 1.807) is 0 Å². The van der Waals surface area contributed by atoms with E-state index in [9.17, 15) is 0 Å². The minimum absolute atomic E-state index is 0.739. The highest BCUT2D eigenvalue weighted by molar-refractivity contribution is 4.88. The quantitative estimate of drug-likeness (QED) is 0.753. The van der Waals surface area contributed by atoms with Crippen molar-refractivity contribution in [1.29, 1.82) is 0 Å². The highest BCUT2D eigenvalue weighted by Gasteiger charge is 2.31. The summed E-state index contributed by atoms with van der Waals surface area (Å²) in [4.78, 5) is 2.67. The number of likely N-dealkylation sites (tertiary alicyclic amines) is 1. The van der Waals surface area contributed by atoms with E-state index >= 15 is 0 Å². The zero-order valence-corrected chi connectivity index (χ0v) is 10.9. The number of unbranched alkanes of at least 4 members (excludes halogenated alkanes) is 1. The highest BCUT2D eigenvalue weighted by atomic mass is 15.2. The Morgan fingerprint density at radius 3 is 2.60 bits per heavy atom. The molecule has 1 fully saturated rings. The number of piperidine rings is 1. The molecule has 1 N–H and O–H groups in total. The molecule has 0 amide bonds. The maximum absolute atomic E-state index is 3.61. The minimum Gasteiger partial charge on any atom is -0.314 e. The monoisotopic (exact) mass is 212 g/mol. The molecule has 2 nitrogen and oxygen atoms in total. The summed E-state index contributed by atoms with van der Waals surface area (Å²) in [5.41, 5.74) is 0. The van der Waals surface area contributed by atoms with Gasteiger partial charge in [0, 0.05) is 12.1 Å². The third-order valence-corrected chi connectivity index (χ3v) is 3.96. The lowest BCUT2D eigenvalue weighted by Gasteiger charge is -2.43. The molecule has 0 spiro atoms. The van der Waals surface area contributed by atoms with E-state index in [0.29, 0.717) is 0 Å². The van der Waals surface area contributed by atoms with Crippen LogP contribution in [0.4, 0.5) is 0 Å². The van der Waals surface area contributed by atoms with E-state index < -0.39 is 0 Å². The van der Waals surface area contributed by atoms with Gasteiger partial charge in [-0.15, -0.1) is 0 Å². The van der Waals surface area contributed by atoms with Crippen LogP contribution in [0.5, 0.6) is 0 Å². The third-order valence-electron chi connectivity index (χ3n) is 3.96. The molecule has 0 aromatic carbocycles. The Hall–Kier alpha value is -0.0800. The lowest BCUT2D eigenvalue weighted by molar-refractivity contribution is 0.0844. The molecular formula is C13H28N2. The normalized spacial score (nSPS) is 33.2. The minimum atomic E-state index is 0.739. The van der Waals surface area contributed by atoms with Crippen molar-refractivity contribution in [3.63, 3.8) is 0 Å². The van der Waals surface area contributed by atoms with Crippen LogP contribution in [0.2, 0.25) is 0 Å². The number of nitrogens with zero attached hydrogens (tertiary/aromatic N) is 1. The lowest BCUT2D eigenvalue weighted by Crippen LogP contribution is -2.53. The summed E-state index contributed by atoms with van der Waals surface area (Å²) in [6, 6.07) is 1.48. The molecule has 3 unspecified atom stereocenters. The predicted octanol–water partition coefficient (Wildman–Crippen LogP) is 2.49. The summed E-state index contributed by atoms with van der Waals surface area (Å²) < 4.78 is 0. The van der Waals surface area contributed by atoms with Crippen molar-refractivity contribution in [2.45, 2.75) is 59.0 Å². The first-order valence-corrected chi connectivity index (χ1v) is 6.68. The summed E-state index contributed by atoms with van der Waals surface area (Å²) in [7, 11) is 0. The fourth-order valence-electron chi connectivity index (χ4n) is 2.67. The Balaban J connectivity index is 2.41. The van der Waals surface area contributed by atoms with E-state index in [2.05, 4.69) is 37.9 Å². The molecule has 0 aromatic rings. The molecule has 0 saturated carbocycles. The Kier molecular flexibility index (Phi) is 5.62. The molecule has 1 saturated heterocycles. The van der Waals surface area contributed by atoms with Crippen molar-refractivity contribution >= 4 is 0 Å². The Morgan fingerprint density at radius 2 is 2.00 bits per heavy atom. The largest absolute Gasteiger partial charge is 0.314 e. The van der Waals surface area contributed by atoms with Gasteiger partial charge in [0.25, 0.3) is 0 Å². The number of hydrogen-bond acceptors (Lipinski definition) is 2. The van der Waals surface area contributed by atoms with Gasteiger partial charge in [-0.05, 0) is 45.3 Å². The predicted molar refractivity (Wildman–Crippen MR) is 67.2 cm³/mol. The number of nitrogens with one attached hydrogen (secondary N) is 1. The van der Waals surface area contributed by atoms with Crippen LogP contribution in [-0.2, 0) is 0 Å². The van der Waals surface area contributed by atoms with Gasteiger partial charge < -0.3 is 10.2 Å². The van der Waals surface area contributed by atoms with Crippen LogP contribution >= 0.6 is 0 Å². The van der Waals surface area contributed by atoms with Crippen LogP contribution in [-0.4, -0.2) is 36.6 Å². The molecule has 15 heavy (non-hydrogen) atoms. The Morgan fingerprint density at radius 1 is 1.27 bits per heavy atom. The SMILES string of the molecule is CCCCN1CCC(NCC)C(C)C1C. The van der Waals surface area contributed by atoms with Crippen molar-refractivity contribution in [3.05, 3.63) is 0 Å². The summed E-state index contributed by atoms with van der Waals surface area (Å²) in [6.45, 7) is 13.0. The van der Waals surface area contributed by atoms with Crippen LogP contribution in [0.3, 0.4) is 0 Å². The van der Waals surface area contributed by atoms with Crippen LogP contribution in [0.15, 0.2) is 0 Å². The van der Waals surface area contributed by atoms with E-state index in [1.807, 2.05) is 0 Å². The topological polar surface area (TPSA) is 15.3 Å². The summed E-state index contributed by atoms with van der Waals surface area (Å²) >= 11 is 0. The van der Waals surface area contributed by atoms with Crippen molar-refractivity contribution in [3.8, 4) is 0 Å². The fourth-order valence-corrected chi connectivity index (χ4v) is 2.67. The third kappa shape index (κ3) is 3.46. The van der Waals surface area contributed by atoms with Crippen molar-refractivity contribution < 1.29 is 0 Å². The lowest BCUT2D eigenvalue weighted by atomic mass is 9.87. The van der Waals surface area contributed by atoms with Crippen LogP contribution < -0.4 is 5.32 Å². The molecule has 0 aromatic heterocycles. The van der Waals surface area contributed by atoms with Crippen molar-refractivity contribution in [2.24, 2.45) is 5.92 Å². The van der Waals surface area contributed by atoms with E-state index in [0.717, 1.165) is 24.5 Å². The summed E-state index contributed by atoms with van der Waals surface area (Å²) in [6.07, 6.45) is 3.99. The molecule has 1 aliphatic heterocycles. The van der Waals surface area contributed by atoms with Gasteiger partial charge in [-0.3, -0.25) is 0 Å². The Labute approximate surface area is 95.4 Å². The standard InChI is InChI=1S/C13H28N2/c1-5-7-9-15-10-8-13(14-6-2)11(3)12(15)4/h11-14H,5-10H2,1-4H3. The van der Waals surface area contributed by atoms with E-state index in [1.165, 1.54) is 32.4 Å².